The van der Waals surface area contributed by atoms with Gasteiger partial charge in [0, 0.05) is 24.5 Å². The van der Waals surface area contributed by atoms with Crippen LogP contribution in [0, 0.1) is 0 Å². The first-order valence-corrected chi connectivity index (χ1v) is 8.47. The second-order valence-corrected chi connectivity index (χ2v) is 6.53. The minimum atomic E-state index is -3.76. The number of halogens is 3. The molecule has 4 rings (SSSR count). The zero-order chi connectivity index (χ0) is 20.8. The van der Waals surface area contributed by atoms with Crippen molar-refractivity contribution < 1.29 is 13.3 Å². The minimum absolute atomic E-state index is 0.0695. The third-order valence-electron chi connectivity index (χ3n) is 3.97. The number of alkyl halides is 3. The van der Waals surface area contributed by atoms with Crippen molar-refractivity contribution in [2.24, 2.45) is 7.05 Å². The van der Waals surface area contributed by atoms with E-state index in [1.54, 1.807) is 30.1 Å². The molecule has 12 heteroatoms. The molecule has 0 bridgehead atoms. The molecule has 2 aromatic heterocycles. The highest BCUT2D eigenvalue weighted by atomic mass is 35.5. The van der Waals surface area contributed by atoms with Gasteiger partial charge in [0.05, 0.1) is 11.9 Å². The SMILES string of the molecule is Cn1cc(Nc2c(Nc3ccc(-c4noc(C(F)(F)Cl)n4)cc3)c(=O)c2=O)cn1. The van der Waals surface area contributed by atoms with Crippen molar-refractivity contribution in [3.8, 4) is 11.4 Å². The lowest BCUT2D eigenvalue weighted by Gasteiger charge is -2.14. The molecule has 0 aliphatic rings. The molecule has 2 aromatic carbocycles. The van der Waals surface area contributed by atoms with Crippen LogP contribution >= 0.6 is 11.6 Å². The summed E-state index contributed by atoms with van der Waals surface area (Å²) in [4.78, 5) is 27.3. The third-order valence-corrected chi connectivity index (χ3v) is 4.13. The number of anilines is 4. The monoisotopic (exact) mass is 420 g/mol. The average molecular weight is 421 g/mol. The van der Waals surface area contributed by atoms with E-state index in [9.17, 15) is 18.4 Å². The maximum Gasteiger partial charge on any atom is 0.400 e. The van der Waals surface area contributed by atoms with Crippen LogP contribution in [0.25, 0.3) is 11.4 Å². The lowest BCUT2D eigenvalue weighted by molar-refractivity contribution is 0.0551. The summed E-state index contributed by atoms with van der Waals surface area (Å²) in [6.07, 6.45) is 3.16. The summed E-state index contributed by atoms with van der Waals surface area (Å²) in [6, 6.07) is 6.19. The topological polar surface area (TPSA) is 115 Å². The predicted octanol–water partition coefficient (Wildman–Crippen LogP) is 2.84. The normalized spacial score (nSPS) is 11.7. The van der Waals surface area contributed by atoms with Crippen LogP contribution in [0.2, 0.25) is 0 Å². The predicted molar refractivity (Wildman–Crippen MR) is 101 cm³/mol. The molecule has 148 valence electrons. The van der Waals surface area contributed by atoms with E-state index in [1.807, 2.05) is 0 Å². The molecule has 0 aliphatic heterocycles. The lowest BCUT2D eigenvalue weighted by atomic mass is 10.1. The molecule has 0 saturated carbocycles. The number of nitrogens with one attached hydrogen (secondary N) is 2. The number of aromatic nitrogens is 4. The second-order valence-electron chi connectivity index (χ2n) is 6.06. The van der Waals surface area contributed by atoms with E-state index >= 15 is 0 Å². The second kappa shape index (κ2) is 6.78. The fourth-order valence-corrected chi connectivity index (χ4v) is 2.64. The van der Waals surface area contributed by atoms with Crippen LogP contribution < -0.4 is 21.5 Å². The average Bonchev–Trinajstić information content (AvgIpc) is 3.34. The van der Waals surface area contributed by atoms with E-state index in [0.717, 1.165) is 0 Å². The Hall–Kier alpha value is -3.60. The van der Waals surface area contributed by atoms with Gasteiger partial charge in [0.15, 0.2) is 0 Å². The van der Waals surface area contributed by atoms with Crippen molar-refractivity contribution in [1.29, 1.82) is 0 Å². The minimum Gasteiger partial charge on any atom is -0.350 e. The summed E-state index contributed by atoms with van der Waals surface area (Å²) < 4.78 is 31.9. The number of benzene rings is 1. The van der Waals surface area contributed by atoms with E-state index in [1.165, 1.54) is 18.3 Å². The Morgan fingerprint density at radius 3 is 2.21 bits per heavy atom. The summed E-state index contributed by atoms with van der Waals surface area (Å²) in [6.45, 7) is 0. The van der Waals surface area contributed by atoms with Gasteiger partial charge in [-0.2, -0.15) is 18.9 Å². The molecule has 0 aliphatic carbocycles. The molecule has 29 heavy (non-hydrogen) atoms. The highest BCUT2D eigenvalue weighted by Crippen LogP contribution is 2.32. The standard InChI is InChI=1S/C17H11ClF2N6O3/c1-26-7-10(6-21-26)23-12-11(13(27)14(12)28)22-9-4-2-8(3-5-9)15-24-16(29-25-15)17(18,19)20/h2-7,22-23H,1H3. The summed E-state index contributed by atoms with van der Waals surface area (Å²) in [5, 5.41) is 9.39. The first-order chi connectivity index (χ1) is 13.7. The quantitative estimate of drug-likeness (QED) is 0.361. The van der Waals surface area contributed by atoms with Crippen LogP contribution in [0.5, 0.6) is 0 Å². The number of nitrogens with zero attached hydrogens (tertiary/aromatic N) is 4. The number of hydrogen-bond acceptors (Lipinski definition) is 8. The molecule has 0 unspecified atom stereocenters. The first kappa shape index (κ1) is 18.7. The van der Waals surface area contributed by atoms with Crippen LogP contribution in [-0.2, 0) is 12.4 Å². The number of aryl methyl sites for hydroxylation is 1. The summed E-state index contributed by atoms with van der Waals surface area (Å²) in [7, 11) is 1.72. The zero-order valence-corrected chi connectivity index (χ0v) is 15.4. The van der Waals surface area contributed by atoms with Crippen molar-refractivity contribution in [1.82, 2.24) is 19.9 Å². The van der Waals surface area contributed by atoms with Gasteiger partial charge < -0.3 is 15.2 Å². The van der Waals surface area contributed by atoms with Crippen LogP contribution in [-0.4, -0.2) is 19.9 Å². The number of hydrogen-bond donors (Lipinski definition) is 2. The molecule has 2 N–H and O–H groups in total. The Labute approximate surface area is 165 Å². The van der Waals surface area contributed by atoms with Crippen LogP contribution in [0.3, 0.4) is 0 Å². The Kier molecular flexibility index (Phi) is 4.38. The maximum atomic E-state index is 13.0. The molecule has 0 atom stereocenters. The molecule has 0 fully saturated rings. The van der Waals surface area contributed by atoms with E-state index < -0.39 is 22.1 Å². The van der Waals surface area contributed by atoms with Crippen molar-refractivity contribution in [3.05, 3.63) is 63.0 Å². The van der Waals surface area contributed by atoms with E-state index in [4.69, 9.17) is 11.6 Å². The van der Waals surface area contributed by atoms with E-state index in [2.05, 4.69) is 30.4 Å². The molecule has 0 saturated heterocycles. The summed E-state index contributed by atoms with van der Waals surface area (Å²) in [5.41, 5.74) is 0.366. The maximum absolute atomic E-state index is 13.0. The molecule has 9 nitrogen and oxygen atoms in total. The van der Waals surface area contributed by atoms with Gasteiger partial charge in [-0.1, -0.05) is 5.16 Å². The summed E-state index contributed by atoms with van der Waals surface area (Å²) >= 11 is 4.85. The van der Waals surface area contributed by atoms with Gasteiger partial charge in [0.1, 0.15) is 11.4 Å². The van der Waals surface area contributed by atoms with Crippen molar-refractivity contribution >= 4 is 34.4 Å². The van der Waals surface area contributed by atoms with Gasteiger partial charge in [-0.05, 0) is 35.9 Å². The van der Waals surface area contributed by atoms with Gasteiger partial charge in [-0.3, -0.25) is 14.3 Å². The Morgan fingerprint density at radius 2 is 1.69 bits per heavy atom. The fraction of sp³-hybridized carbons (Fsp3) is 0.118. The Balaban J connectivity index is 1.53. The van der Waals surface area contributed by atoms with E-state index in [-0.39, 0.29) is 17.2 Å². The molecule has 0 spiro atoms. The Bertz CT molecular complexity index is 1250. The zero-order valence-electron chi connectivity index (χ0n) is 14.6. The summed E-state index contributed by atoms with van der Waals surface area (Å²) in [5.74, 6) is -1.08. The van der Waals surface area contributed by atoms with Crippen LogP contribution in [0.1, 0.15) is 5.89 Å². The molecule has 0 radical (unpaired) electrons. The molecular weight excluding hydrogens is 410 g/mol. The molecule has 0 amide bonds. The third kappa shape index (κ3) is 3.59. The molecular formula is C17H11ClF2N6O3. The van der Waals surface area contributed by atoms with Crippen molar-refractivity contribution in [2.75, 3.05) is 10.6 Å². The van der Waals surface area contributed by atoms with Gasteiger partial charge in [-0.25, -0.2) is 0 Å². The largest absolute Gasteiger partial charge is 0.400 e. The van der Waals surface area contributed by atoms with E-state index in [0.29, 0.717) is 16.9 Å². The lowest BCUT2D eigenvalue weighted by Crippen LogP contribution is -2.35. The highest BCUT2D eigenvalue weighted by Gasteiger charge is 2.35. The molecule has 2 heterocycles. The van der Waals surface area contributed by atoms with Gasteiger partial charge in [-0.15, -0.1) is 0 Å². The molecule has 4 aromatic rings. The van der Waals surface area contributed by atoms with Crippen LogP contribution in [0.15, 0.2) is 50.8 Å². The van der Waals surface area contributed by atoms with Crippen LogP contribution in [0.4, 0.5) is 31.5 Å². The Morgan fingerprint density at radius 1 is 1.07 bits per heavy atom. The van der Waals surface area contributed by atoms with Crippen molar-refractivity contribution in [2.45, 2.75) is 5.38 Å². The van der Waals surface area contributed by atoms with Gasteiger partial charge in [0.25, 0.3) is 10.9 Å². The number of rotatable bonds is 6. The van der Waals surface area contributed by atoms with Crippen molar-refractivity contribution in [3.63, 3.8) is 0 Å². The highest BCUT2D eigenvalue weighted by molar-refractivity contribution is 6.21. The smallest absolute Gasteiger partial charge is 0.350 e. The fourth-order valence-electron chi connectivity index (χ4n) is 2.56. The van der Waals surface area contributed by atoms with Gasteiger partial charge >= 0.3 is 11.3 Å². The van der Waals surface area contributed by atoms with Gasteiger partial charge in [0.2, 0.25) is 5.82 Å². The first-order valence-electron chi connectivity index (χ1n) is 8.10.